The first kappa shape index (κ1) is 16.6. The molecule has 0 saturated heterocycles. The van der Waals surface area contributed by atoms with Crippen molar-refractivity contribution >= 4 is 17.4 Å². The van der Waals surface area contributed by atoms with Crippen LogP contribution in [0.4, 0.5) is 18.9 Å². The first-order chi connectivity index (χ1) is 9.20. The largest absolute Gasteiger partial charge is 0.492 e. The van der Waals surface area contributed by atoms with E-state index in [0.717, 1.165) is 12.1 Å². The van der Waals surface area contributed by atoms with Gasteiger partial charge in [-0.3, -0.25) is 10.1 Å². The van der Waals surface area contributed by atoms with Crippen LogP contribution in [0.3, 0.4) is 0 Å². The second-order valence-electron chi connectivity index (χ2n) is 3.80. The van der Waals surface area contributed by atoms with Crippen molar-refractivity contribution in [1.29, 1.82) is 0 Å². The second kappa shape index (κ2) is 6.80. The van der Waals surface area contributed by atoms with Gasteiger partial charge in [-0.25, -0.2) is 0 Å². The minimum Gasteiger partial charge on any atom is -0.492 e. The Kier molecular flexibility index (Phi) is 5.63. The highest BCUT2D eigenvalue weighted by molar-refractivity contribution is 8.00. The molecule has 0 amide bonds. The van der Waals surface area contributed by atoms with Crippen molar-refractivity contribution in [2.75, 3.05) is 12.4 Å². The summed E-state index contributed by atoms with van der Waals surface area (Å²) in [4.78, 5) is 9.98. The minimum absolute atomic E-state index is 0.133. The van der Waals surface area contributed by atoms with Crippen molar-refractivity contribution in [3.63, 3.8) is 0 Å². The Labute approximate surface area is 116 Å². The molecule has 0 spiro atoms. The Hall–Kier alpha value is -1.48. The number of alkyl halides is 3. The van der Waals surface area contributed by atoms with E-state index >= 15 is 0 Å². The Balaban J connectivity index is 2.72. The van der Waals surface area contributed by atoms with Crippen LogP contribution in [0, 0.1) is 10.1 Å². The number of halogens is 3. The summed E-state index contributed by atoms with van der Waals surface area (Å²) in [7, 11) is 0. The van der Waals surface area contributed by atoms with Gasteiger partial charge in [0.25, 0.3) is 5.69 Å². The fourth-order valence-corrected chi connectivity index (χ4v) is 1.81. The lowest BCUT2D eigenvalue weighted by molar-refractivity contribution is -0.385. The van der Waals surface area contributed by atoms with Crippen LogP contribution in [0.15, 0.2) is 18.2 Å². The van der Waals surface area contributed by atoms with Gasteiger partial charge in [-0.05, 0) is 24.8 Å². The number of ether oxygens (including phenoxy) is 1. The van der Waals surface area contributed by atoms with Crippen LogP contribution >= 0.6 is 11.8 Å². The maximum absolute atomic E-state index is 11.9. The molecule has 0 radical (unpaired) electrons. The highest BCUT2D eigenvalue weighted by Crippen LogP contribution is 2.31. The Bertz CT molecular complexity index is 479. The quantitative estimate of drug-likeness (QED) is 0.496. The highest BCUT2D eigenvalue weighted by atomic mass is 32.2. The van der Waals surface area contributed by atoms with Crippen molar-refractivity contribution in [3.8, 4) is 5.75 Å². The van der Waals surface area contributed by atoms with Crippen LogP contribution in [0.1, 0.15) is 18.6 Å². The van der Waals surface area contributed by atoms with E-state index in [1.54, 1.807) is 0 Å². The maximum atomic E-state index is 11.9. The molecule has 0 unspecified atom stereocenters. The first-order valence-electron chi connectivity index (χ1n) is 5.50. The predicted octanol–water partition coefficient (Wildman–Crippen LogP) is 3.28. The zero-order chi connectivity index (χ0) is 15.3. The zero-order valence-electron chi connectivity index (χ0n) is 10.4. The summed E-state index contributed by atoms with van der Waals surface area (Å²) in [6, 6.07) is 3.56. The third kappa shape index (κ3) is 5.25. The number of nitro groups is 1. The molecule has 0 heterocycles. The Morgan fingerprint density at radius 1 is 1.50 bits per heavy atom. The molecule has 0 aliphatic rings. The van der Waals surface area contributed by atoms with Crippen molar-refractivity contribution in [2.45, 2.75) is 18.5 Å². The number of hydrogen-bond acceptors (Lipinski definition) is 5. The van der Waals surface area contributed by atoms with Gasteiger partial charge in [-0.2, -0.15) is 13.2 Å². The van der Waals surface area contributed by atoms with E-state index in [-0.39, 0.29) is 41.1 Å². The van der Waals surface area contributed by atoms with Gasteiger partial charge in [-0.1, -0.05) is 0 Å². The van der Waals surface area contributed by atoms with Crippen LogP contribution in [-0.2, 0) is 0 Å². The minimum atomic E-state index is -4.33. The molecule has 112 valence electrons. The molecule has 5 nitrogen and oxygen atoms in total. The number of aliphatic hydroxyl groups excluding tert-OH is 1. The third-order valence-corrected chi connectivity index (χ3v) is 2.96. The molecular formula is C11H12F3NO4S. The van der Waals surface area contributed by atoms with E-state index in [1.807, 2.05) is 0 Å². The monoisotopic (exact) mass is 311 g/mol. The van der Waals surface area contributed by atoms with Gasteiger partial charge in [-0.15, -0.1) is 0 Å². The summed E-state index contributed by atoms with van der Waals surface area (Å²) in [5.41, 5.74) is -4.39. The molecule has 20 heavy (non-hydrogen) atoms. The molecule has 1 atom stereocenters. The van der Waals surface area contributed by atoms with Gasteiger partial charge in [0.1, 0.15) is 5.75 Å². The average molecular weight is 311 g/mol. The number of benzene rings is 1. The topological polar surface area (TPSA) is 72.6 Å². The average Bonchev–Trinajstić information content (AvgIpc) is 2.33. The maximum Gasteiger partial charge on any atom is 0.441 e. The van der Waals surface area contributed by atoms with E-state index in [2.05, 4.69) is 0 Å². The third-order valence-electron chi connectivity index (χ3n) is 2.26. The van der Waals surface area contributed by atoms with Gasteiger partial charge in [0.05, 0.1) is 17.6 Å². The lowest BCUT2D eigenvalue weighted by Crippen LogP contribution is -2.09. The molecule has 0 aliphatic carbocycles. The lowest BCUT2D eigenvalue weighted by atomic mass is 10.1. The molecule has 0 saturated carbocycles. The Morgan fingerprint density at radius 3 is 2.65 bits per heavy atom. The first-order valence-corrected chi connectivity index (χ1v) is 6.49. The van der Waals surface area contributed by atoms with Crippen LogP contribution in [0.2, 0.25) is 0 Å². The molecule has 9 heteroatoms. The SMILES string of the molecule is C[C@@H](O)c1cc([N+](=O)[O-])ccc1OCCSC(F)(F)F. The van der Waals surface area contributed by atoms with Crippen LogP contribution in [-0.4, -0.2) is 27.9 Å². The van der Waals surface area contributed by atoms with Crippen LogP contribution in [0.25, 0.3) is 0 Å². The molecule has 1 aromatic rings. The molecule has 1 N–H and O–H groups in total. The number of hydrogen-bond donors (Lipinski definition) is 1. The van der Waals surface area contributed by atoms with Gasteiger partial charge < -0.3 is 9.84 Å². The number of aliphatic hydroxyl groups is 1. The summed E-state index contributed by atoms with van der Waals surface area (Å²) in [6.45, 7) is 1.16. The summed E-state index contributed by atoms with van der Waals surface area (Å²) in [6.07, 6.45) is -1.03. The molecule has 0 bridgehead atoms. The number of nitro benzene ring substituents is 1. The van der Waals surface area contributed by atoms with Gasteiger partial charge >= 0.3 is 5.51 Å². The van der Waals surface area contributed by atoms with Gasteiger partial charge in [0.2, 0.25) is 0 Å². The molecule has 0 aliphatic heterocycles. The van der Waals surface area contributed by atoms with Crippen LogP contribution < -0.4 is 4.74 Å². The lowest BCUT2D eigenvalue weighted by Gasteiger charge is -2.13. The summed E-state index contributed by atoms with van der Waals surface area (Å²) in [5.74, 6) is -0.173. The molecule has 0 aromatic heterocycles. The van der Waals surface area contributed by atoms with Crippen molar-refractivity contribution in [2.24, 2.45) is 0 Å². The fraction of sp³-hybridized carbons (Fsp3) is 0.455. The van der Waals surface area contributed by atoms with Crippen molar-refractivity contribution in [1.82, 2.24) is 0 Å². The normalized spacial score (nSPS) is 13.1. The standard InChI is InChI=1S/C11H12F3NO4S/c1-7(16)9-6-8(15(17)18)2-3-10(9)19-4-5-20-11(12,13)14/h2-3,6-7,16H,4-5H2,1H3/t7-/m1/s1. The summed E-state index contributed by atoms with van der Waals surface area (Å²) in [5, 5.41) is 20.1. The number of thioether (sulfide) groups is 1. The molecule has 1 aromatic carbocycles. The second-order valence-corrected chi connectivity index (χ2v) is 4.96. The van der Waals surface area contributed by atoms with Crippen molar-refractivity contribution < 1.29 is 27.9 Å². The summed E-state index contributed by atoms with van der Waals surface area (Å²) < 4.78 is 40.9. The van der Waals surface area contributed by atoms with E-state index in [4.69, 9.17) is 4.74 Å². The number of non-ortho nitro benzene ring substituents is 1. The smallest absolute Gasteiger partial charge is 0.441 e. The Morgan fingerprint density at radius 2 is 2.15 bits per heavy atom. The predicted molar refractivity (Wildman–Crippen MR) is 67.7 cm³/mol. The number of rotatable bonds is 6. The molecule has 0 fully saturated rings. The van der Waals surface area contributed by atoms with Gasteiger partial charge in [0.15, 0.2) is 0 Å². The summed E-state index contributed by atoms with van der Waals surface area (Å²) >= 11 is -0.221. The molecular weight excluding hydrogens is 299 g/mol. The molecule has 1 rings (SSSR count). The van der Waals surface area contributed by atoms with E-state index in [0.29, 0.717) is 0 Å². The number of nitrogens with zero attached hydrogens (tertiary/aromatic N) is 1. The van der Waals surface area contributed by atoms with Crippen LogP contribution in [0.5, 0.6) is 5.75 Å². The zero-order valence-corrected chi connectivity index (χ0v) is 11.2. The van der Waals surface area contributed by atoms with Crippen molar-refractivity contribution in [3.05, 3.63) is 33.9 Å². The van der Waals surface area contributed by atoms with E-state index in [9.17, 15) is 28.4 Å². The van der Waals surface area contributed by atoms with E-state index in [1.165, 1.54) is 13.0 Å². The van der Waals surface area contributed by atoms with Gasteiger partial charge in [0, 0.05) is 23.4 Å². The fourth-order valence-electron chi connectivity index (χ4n) is 1.42. The van der Waals surface area contributed by atoms with E-state index < -0.39 is 16.5 Å². The highest BCUT2D eigenvalue weighted by Gasteiger charge is 2.27.